The SMILES string of the molecule is CCCCCC=CCC=CCC=CCC=CCCCCCCCCN. The molecule has 0 atom stereocenters. The molecule has 0 aliphatic carbocycles. The summed E-state index contributed by atoms with van der Waals surface area (Å²) < 4.78 is 0. The minimum absolute atomic E-state index is 0.849. The Morgan fingerprint density at radius 1 is 0.480 bits per heavy atom. The van der Waals surface area contributed by atoms with Gasteiger partial charge in [-0.3, -0.25) is 0 Å². The standard InChI is InChI=1S/C24H43N/c1-2-3-4-5-6-7-8-9-10-11-12-13-14-15-16-17-18-19-20-21-22-23-24-25/h6-7,9-10,12-13,15-16H,2-5,8,11,14,17-25H2,1H3. The minimum Gasteiger partial charge on any atom is -0.330 e. The van der Waals surface area contributed by atoms with Crippen molar-refractivity contribution in [1.82, 2.24) is 0 Å². The van der Waals surface area contributed by atoms with Crippen LogP contribution in [0.4, 0.5) is 0 Å². The second-order valence-corrected chi connectivity index (χ2v) is 6.79. The Labute approximate surface area is 158 Å². The van der Waals surface area contributed by atoms with E-state index in [0.29, 0.717) is 0 Å². The molecule has 0 unspecified atom stereocenters. The average Bonchev–Trinajstić information content (AvgIpc) is 2.63. The lowest BCUT2D eigenvalue weighted by Crippen LogP contribution is -1.97. The summed E-state index contributed by atoms with van der Waals surface area (Å²) in [6.07, 6.45) is 35.9. The summed E-state index contributed by atoms with van der Waals surface area (Å²) in [5.41, 5.74) is 5.49. The van der Waals surface area contributed by atoms with E-state index in [4.69, 9.17) is 5.73 Å². The van der Waals surface area contributed by atoms with Gasteiger partial charge in [-0.25, -0.2) is 0 Å². The van der Waals surface area contributed by atoms with Crippen LogP contribution in [-0.2, 0) is 0 Å². The molecule has 0 aliphatic rings. The van der Waals surface area contributed by atoms with Crippen molar-refractivity contribution in [3.8, 4) is 0 Å². The number of hydrogen-bond donors (Lipinski definition) is 1. The van der Waals surface area contributed by atoms with E-state index in [1.54, 1.807) is 0 Å². The molecule has 25 heavy (non-hydrogen) atoms. The van der Waals surface area contributed by atoms with Gasteiger partial charge in [-0.1, -0.05) is 94.1 Å². The summed E-state index contributed by atoms with van der Waals surface area (Å²) in [5, 5.41) is 0. The Morgan fingerprint density at radius 2 is 0.880 bits per heavy atom. The Morgan fingerprint density at radius 3 is 1.36 bits per heavy atom. The van der Waals surface area contributed by atoms with Crippen LogP contribution >= 0.6 is 0 Å². The van der Waals surface area contributed by atoms with E-state index in [1.807, 2.05) is 0 Å². The molecule has 1 heteroatoms. The highest BCUT2D eigenvalue weighted by Gasteiger charge is 1.89. The van der Waals surface area contributed by atoms with Gasteiger partial charge in [0.05, 0.1) is 0 Å². The van der Waals surface area contributed by atoms with E-state index in [-0.39, 0.29) is 0 Å². The predicted molar refractivity (Wildman–Crippen MR) is 116 cm³/mol. The Bertz CT molecular complexity index is 349. The normalized spacial score (nSPS) is 12.6. The maximum absolute atomic E-state index is 5.49. The van der Waals surface area contributed by atoms with E-state index in [9.17, 15) is 0 Å². The lowest BCUT2D eigenvalue weighted by molar-refractivity contribution is 0.600. The molecular formula is C24H43N. The van der Waals surface area contributed by atoms with Crippen molar-refractivity contribution in [3.63, 3.8) is 0 Å². The zero-order valence-electron chi connectivity index (χ0n) is 16.8. The molecule has 0 aliphatic heterocycles. The van der Waals surface area contributed by atoms with E-state index in [2.05, 4.69) is 55.5 Å². The van der Waals surface area contributed by atoms with Crippen molar-refractivity contribution in [3.05, 3.63) is 48.6 Å². The molecule has 0 aromatic heterocycles. The van der Waals surface area contributed by atoms with Gasteiger partial charge in [0.2, 0.25) is 0 Å². The fourth-order valence-corrected chi connectivity index (χ4v) is 2.67. The fraction of sp³-hybridized carbons (Fsp3) is 0.667. The molecule has 0 spiro atoms. The first-order chi connectivity index (χ1) is 12.4. The van der Waals surface area contributed by atoms with Crippen LogP contribution in [0.1, 0.15) is 96.8 Å². The summed E-state index contributed by atoms with van der Waals surface area (Å²) in [7, 11) is 0. The van der Waals surface area contributed by atoms with Gasteiger partial charge in [-0.2, -0.15) is 0 Å². The van der Waals surface area contributed by atoms with Crippen LogP contribution in [-0.4, -0.2) is 6.54 Å². The first-order valence-electron chi connectivity index (χ1n) is 10.7. The van der Waals surface area contributed by atoms with Gasteiger partial charge in [0, 0.05) is 0 Å². The van der Waals surface area contributed by atoms with Gasteiger partial charge in [0.25, 0.3) is 0 Å². The van der Waals surface area contributed by atoms with Crippen molar-refractivity contribution >= 4 is 0 Å². The van der Waals surface area contributed by atoms with Crippen molar-refractivity contribution in [1.29, 1.82) is 0 Å². The molecule has 0 amide bonds. The highest BCUT2D eigenvalue weighted by molar-refractivity contribution is 4.99. The Balaban J connectivity index is 3.32. The van der Waals surface area contributed by atoms with Crippen LogP contribution in [0, 0.1) is 0 Å². The second kappa shape index (κ2) is 22.9. The van der Waals surface area contributed by atoms with Crippen LogP contribution in [0.3, 0.4) is 0 Å². The molecule has 0 aromatic rings. The van der Waals surface area contributed by atoms with Gasteiger partial charge in [0.15, 0.2) is 0 Å². The largest absolute Gasteiger partial charge is 0.330 e. The molecule has 1 nitrogen and oxygen atoms in total. The zero-order chi connectivity index (χ0) is 18.3. The molecule has 0 fully saturated rings. The number of allylic oxidation sites excluding steroid dienone is 8. The fourth-order valence-electron chi connectivity index (χ4n) is 2.67. The van der Waals surface area contributed by atoms with Crippen LogP contribution in [0.5, 0.6) is 0 Å². The number of rotatable bonds is 18. The molecule has 0 saturated carbocycles. The summed E-state index contributed by atoms with van der Waals surface area (Å²) >= 11 is 0. The Hall–Kier alpha value is -1.08. The van der Waals surface area contributed by atoms with Crippen LogP contribution < -0.4 is 5.73 Å². The van der Waals surface area contributed by atoms with Crippen LogP contribution in [0.25, 0.3) is 0 Å². The van der Waals surface area contributed by atoms with E-state index >= 15 is 0 Å². The van der Waals surface area contributed by atoms with Crippen LogP contribution in [0.2, 0.25) is 0 Å². The summed E-state index contributed by atoms with van der Waals surface area (Å²) in [5.74, 6) is 0. The molecular weight excluding hydrogens is 302 g/mol. The molecule has 0 heterocycles. The van der Waals surface area contributed by atoms with E-state index in [0.717, 1.165) is 25.8 Å². The summed E-state index contributed by atoms with van der Waals surface area (Å²) in [6.45, 7) is 3.10. The summed E-state index contributed by atoms with van der Waals surface area (Å²) in [4.78, 5) is 0. The summed E-state index contributed by atoms with van der Waals surface area (Å²) in [6, 6.07) is 0. The van der Waals surface area contributed by atoms with E-state index < -0.39 is 0 Å². The first-order valence-corrected chi connectivity index (χ1v) is 10.7. The number of unbranched alkanes of at least 4 members (excludes halogenated alkanes) is 9. The number of hydrogen-bond acceptors (Lipinski definition) is 1. The Kier molecular flexibility index (Phi) is 21.9. The lowest BCUT2D eigenvalue weighted by atomic mass is 10.1. The maximum Gasteiger partial charge on any atom is -0.00773 e. The van der Waals surface area contributed by atoms with Gasteiger partial charge in [0.1, 0.15) is 0 Å². The van der Waals surface area contributed by atoms with Gasteiger partial charge in [-0.15, -0.1) is 0 Å². The van der Waals surface area contributed by atoms with Crippen LogP contribution in [0.15, 0.2) is 48.6 Å². The topological polar surface area (TPSA) is 26.0 Å². The predicted octanol–water partition coefficient (Wildman–Crippen LogP) is 7.65. The third-order valence-electron chi connectivity index (χ3n) is 4.28. The average molecular weight is 346 g/mol. The van der Waals surface area contributed by atoms with Gasteiger partial charge >= 0.3 is 0 Å². The molecule has 0 bridgehead atoms. The van der Waals surface area contributed by atoms with Crippen molar-refractivity contribution in [2.24, 2.45) is 5.73 Å². The third-order valence-corrected chi connectivity index (χ3v) is 4.28. The molecule has 0 radical (unpaired) electrons. The third kappa shape index (κ3) is 22.9. The second-order valence-electron chi connectivity index (χ2n) is 6.79. The maximum atomic E-state index is 5.49. The molecule has 0 aromatic carbocycles. The quantitative estimate of drug-likeness (QED) is 0.200. The first kappa shape index (κ1) is 23.9. The van der Waals surface area contributed by atoms with Gasteiger partial charge in [-0.05, 0) is 57.9 Å². The highest BCUT2D eigenvalue weighted by Crippen LogP contribution is 2.07. The molecule has 2 N–H and O–H groups in total. The number of nitrogens with two attached hydrogens (primary N) is 1. The smallest absolute Gasteiger partial charge is 0.00773 e. The van der Waals surface area contributed by atoms with Crippen molar-refractivity contribution in [2.45, 2.75) is 96.8 Å². The highest BCUT2D eigenvalue weighted by atomic mass is 14.5. The van der Waals surface area contributed by atoms with E-state index in [1.165, 1.54) is 70.6 Å². The lowest BCUT2D eigenvalue weighted by Gasteiger charge is -1.98. The zero-order valence-corrected chi connectivity index (χ0v) is 16.8. The monoisotopic (exact) mass is 345 g/mol. The minimum atomic E-state index is 0.849. The molecule has 0 saturated heterocycles. The van der Waals surface area contributed by atoms with Gasteiger partial charge < -0.3 is 5.73 Å². The molecule has 144 valence electrons. The van der Waals surface area contributed by atoms with Crippen molar-refractivity contribution in [2.75, 3.05) is 6.54 Å². The van der Waals surface area contributed by atoms with Crippen molar-refractivity contribution < 1.29 is 0 Å². The molecule has 0 rings (SSSR count).